The molecule has 0 aromatic heterocycles. The molecule has 0 spiro atoms. The Balaban J connectivity index is 4.16. The number of carboxylic acid groups (broad SMARTS) is 2. The summed E-state index contributed by atoms with van der Waals surface area (Å²) in [6.45, 7) is 4.34. The van der Waals surface area contributed by atoms with E-state index in [1.54, 1.807) is 0 Å². The van der Waals surface area contributed by atoms with Gasteiger partial charge in [-0.15, -0.1) is 0 Å². The van der Waals surface area contributed by atoms with E-state index in [4.69, 9.17) is 20.9 Å². The Morgan fingerprint density at radius 3 is 2.17 bits per heavy atom. The molecule has 7 N–H and O–H groups in total. The van der Waals surface area contributed by atoms with Crippen molar-refractivity contribution >= 4 is 19.1 Å². The summed E-state index contributed by atoms with van der Waals surface area (Å²) in [5, 5.41) is 39.0. The van der Waals surface area contributed by atoms with Gasteiger partial charge in [-0.05, 0) is 50.9 Å². The standard InChI is InChI=1S/C15H31BN2O6/c1-10(2)8-13(15(21)22)18-7-3-4-11(14(19)20)5-6-12(17)9-16(23)24/h10-13,18,23-24H,3-9,17H2,1-2H3,(H,19,20)(H,21,22). The lowest BCUT2D eigenvalue weighted by Crippen LogP contribution is -2.38. The summed E-state index contributed by atoms with van der Waals surface area (Å²) in [6.07, 6.45) is 2.27. The molecule has 24 heavy (non-hydrogen) atoms. The number of nitrogens with one attached hydrogen (secondary N) is 1. The number of nitrogens with two attached hydrogens (primary N) is 1. The van der Waals surface area contributed by atoms with Crippen molar-refractivity contribution in [3.8, 4) is 0 Å². The second kappa shape index (κ2) is 12.2. The normalized spacial score (nSPS) is 15.1. The molecular weight excluding hydrogens is 315 g/mol. The van der Waals surface area contributed by atoms with Crippen molar-refractivity contribution < 1.29 is 29.9 Å². The van der Waals surface area contributed by atoms with Crippen LogP contribution < -0.4 is 11.1 Å². The Morgan fingerprint density at radius 2 is 1.71 bits per heavy atom. The van der Waals surface area contributed by atoms with Crippen molar-refractivity contribution in [2.24, 2.45) is 17.6 Å². The largest absolute Gasteiger partial charge is 0.481 e. The first-order chi connectivity index (χ1) is 11.1. The lowest BCUT2D eigenvalue weighted by molar-refractivity contribution is -0.142. The van der Waals surface area contributed by atoms with E-state index in [9.17, 15) is 14.7 Å². The fourth-order valence-electron chi connectivity index (χ4n) is 2.56. The van der Waals surface area contributed by atoms with Crippen LogP contribution in [0.5, 0.6) is 0 Å². The predicted octanol–water partition coefficient (Wildman–Crippen LogP) is 0.137. The molecule has 9 heteroatoms. The summed E-state index contributed by atoms with van der Waals surface area (Å²) in [7, 11) is -1.48. The Hall–Kier alpha value is -1.16. The van der Waals surface area contributed by atoms with E-state index in [1.165, 1.54) is 0 Å². The van der Waals surface area contributed by atoms with Gasteiger partial charge in [0.25, 0.3) is 0 Å². The summed E-state index contributed by atoms with van der Waals surface area (Å²) in [4.78, 5) is 22.4. The quantitative estimate of drug-likeness (QED) is 0.192. The minimum atomic E-state index is -1.48. The monoisotopic (exact) mass is 346 g/mol. The maximum absolute atomic E-state index is 11.3. The molecule has 3 atom stereocenters. The summed E-state index contributed by atoms with van der Waals surface area (Å²) >= 11 is 0. The van der Waals surface area contributed by atoms with Gasteiger partial charge in [-0.3, -0.25) is 9.59 Å². The molecule has 0 aliphatic rings. The summed E-state index contributed by atoms with van der Waals surface area (Å²) in [5.41, 5.74) is 5.71. The van der Waals surface area contributed by atoms with Gasteiger partial charge in [-0.1, -0.05) is 13.8 Å². The zero-order valence-corrected chi connectivity index (χ0v) is 14.5. The molecule has 0 saturated heterocycles. The molecule has 0 aromatic rings. The van der Waals surface area contributed by atoms with Crippen molar-refractivity contribution in [2.75, 3.05) is 6.54 Å². The molecule has 0 heterocycles. The van der Waals surface area contributed by atoms with Crippen LogP contribution in [-0.2, 0) is 9.59 Å². The smallest absolute Gasteiger partial charge is 0.452 e. The number of hydrogen-bond acceptors (Lipinski definition) is 6. The number of hydrogen-bond donors (Lipinski definition) is 6. The van der Waals surface area contributed by atoms with Gasteiger partial charge in [0, 0.05) is 6.04 Å². The van der Waals surface area contributed by atoms with Crippen LogP contribution in [0.4, 0.5) is 0 Å². The minimum absolute atomic E-state index is 0.0173. The Kier molecular flexibility index (Phi) is 11.7. The maximum atomic E-state index is 11.3. The third-order valence-electron chi connectivity index (χ3n) is 3.87. The van der Waals surface area contributed by atoms with Crippen LogP contribution in [0.2, 0.25) is 6.32 Å². The highest BCUT2D eigenvalue weighted by atomic mass is 16.4. The SMILES string of the molecule is CC(C)CC(NCCCC(CCC(N)CB(O)O)C(=O)O)C(=O)O. The van der Waals surface area contributed by atoms with Crippen LogP contribution in [0.1, 0.15) is 46.0 Å². The van der Waals surface area contributed by atoms with Crippen LogP contribution in [0, 0.1) is 11.8 Å². The second-order valence-electron chi connectivity index (χ2n) is 6.71. The molecule has 0 radical (unpaired) electrons. The predicted molar refractivity (Wildman–Crippen MR) is 91.4 cm³/mol. The highest BCUT2D eigenvalue weighted by Crippen LogP contribution is 2.16. The van der Waals surface area contributed by atoms with Crippen molar-refractivity contribution in [3.63, 3.8) is 0 Å². The molecule has 0 amide bonds. The molecule has 0 aliphatic carbocycles. The Labute approximate surface area is 143 Å². The third kappa shape index (κ3) is 11.4. The van der Waals surface area contributed by atoms with Crippen molar-refractivity contribution in [1.82, 2.24) is 5.32 Å². The van der Waals surface area contributed by atoms with Crippen LogP contribution in [0.3, 0.4) is 0 Å². The Morgan fingerprint density at radius 1 is 1.08 bits per heavy atom. The lowest BCUT2D eigenvalue weighted by Gasteiger charge is -2.18. The molecule has 0 aromatic carbocycles. The average Bonchev–Trinajstić information content (AvgIpc) is 2.43. The van der Waals surface area contributed by atoms with Gasteiger partial charge in [0.2, 0.25) is 0 Å². The molecule has 0 fully saturated rings. The van der Waals surface area contributed by atoms with Crippen LogP contribution in [0.25, 0.3) is 0 Å². The zero-order valence-electron chi connectivity index (χ0n) is 14.5. The molecule has 0 aliphatic heterocycles. The summed E-state index contributed by atoms with van der Waals surface area (Å²) < 4.78 is 0. The van der Waals surface area contributed by atoms with Crippen LogP contribution in [-0.4, -0.2) is 57.9 Å². The van der Waals surface area contributed by atoms with Gasteiger partial charge in [-0.2, -0.15) is 0 Å². The summed E-state index contributed by atoms with van der Waals surface area (Å²) in [6, 6.07) is -1.07. The van der Waals surface area contributed by atoms with E-state index in [0.29, 0.717) is 38.6 Å². The van der Waals surface area contributed by atoms with E-state index in [2.05, 4.69) is 5.32 Å². The topological polar surface area (TPSA) is 153 Å². The van der Waals surface area contributed by atoms with Gasteiger partial charge >= 0.3 is 19.1 Å². The van der Waals surface area contributed by atoms with Crippen molar-refractivity contribution in [2.45, 2.75) is 64.4 Å². The number of rotatable bonds is 14. The minimum Gasteiger partial charge on any atom is -0.481 e. The number of carboxylic acids is 2. The molecule has 0 rings (SSSR count). The summed E-state index contributed by atoms with van der Waals surface area (Å²) in [5.74, 6) is -2.12. The third-order valence-corrected chi connectivity index (χ3v) is 3.87. The highest BCUT2D eigenvalue weighted by molar-refractivity contribution is 6.41. The molecule has 3 unspecified atom stereocenters. The second-order valence-corrected chi connectivity index (χ2v) is 6.71. The van der Waals surface area contributed by atoms with Crippen molar-refractivity contribution in [3.05, 3.63) is 0 Å². The van der Waals surface area contributed by atoms with Gasteiger partial charge in [0.05, 0.1) is 5.92 Å². The molecule has 0 bridgehead atoms. The van der Waals surface area contributed by atoms with Crippen LogP contribution >= 0.6 is 0 Å². The Bertz CT molecular complexity index is 381. The van der Waals surface area contributed by atoms with Gasteiger partial charge < -0.3 is 31.3 Å². The van der Waals surface area contributed by atoms with Gasteiger partial charge in [-0.25, -0.2) is 0 Å². The van der Waals surface area contributed by atoms with E-state index in [1.807, 2.05) is 13.8 Å². The molecule has 8 nitrogen and oxygen atoms in total. The van der Waals surface area contributed by atoms with E-state index in [0.717, 1.165) is 0 Å². The van der Waals surface area contributed by atoms with Crippen LogP contribution in [0.15, 0.2) is 0 Å². The molecular formula is C15H31BN2O6. The molecule has 0 saturated carbocycles. The van der Waals surface area contributed by atoms with Crippen molar-refractivity contribution in [1.29, 1.82) is 0 Å². The lowest BCUT2D eigenvalue weighted by atomic mass is 9.80. The van der Waals surface area contributed by atoms with Gasteiger partial charge in [0.1, 0.15) is 6.04 Å². The highest BCUT2D eigenvalue weighted by Gasteiger charge is 2.21. The van der Waals surface area contributed by atoms with E-state index >= 15 is 0 Å². The first-order valence-electron chi connectivity index (χ1n) is 8.44. The van der Waals surface area contributed by atoms with E-state index in [-0.39, 0.29) is 12.2 Å². The molecule has 140 valence electrons. The zero-order chi connectivity index (χ0) is 18.7. The number of aliphatic carboxylic acids is 2. The maximum Gasteiger partial charge on any atom is 0.452 e. The fourth-order valence-corrected chi connectivity index (χ4v) is 2.56. The first kappa shape index (κ1) is 22.8. The first-order valence-corrected chi connectivity index (χ1v) is 8.44. The fraction of sp³-hybridized carbons (Fsp3) is 0.867. The number of carbonyl (C=O) groups is 2. The average molecular weight is 346 g/mol. The van der Waals surface area contributed by atoms with Gasteiger partial charge in [0.15, 0.2) is 0 Å². The van der Waals surface area contributed by atoms with E-state index < -0.39 is 37.1 Å².